The van der Waals surface area contributed by atoms with Gasteiger partial charge >= 0.3 is 5.97 Å². The van der Waals surface area contributed by atoms with Gasteiger partial charge in [-0.1, -0.05) is 65.3 Å². The van der Waals surface area contributed by atoms with Crippen LogP contribution in [0.5, 0.6) is 0 Å². The highest BCUT2D eigenvalue weighted by molar-refractivity contribution is 9.09. The van der Waals surface area contributed by atoms with E-state index in [9.17, 15) is 24.3 Å². The molecular weight excluding hydrogens is 654 g/mol. The largest absolute Gasteiger partial charge is 0.460 e. The highest BCUT2D eigenvalue weighted by Gasteiger charge is 2.77. The third-order valence-electron chi connectivity index (χ3n) is 9.41. The fourth-order valence-electron chi connectivity index (χ4n) is 7.26. The van der Waals surface area contributed by atoms with E-state index in [4.69, 9.17) is 9.47 Å². The van der Waals surface area contributed by atoms with Crippen LogP contribution < -0.4 is 10.2 Å². The molecule has 8 atom stereocenters. The number of benzene rings is 2. The number of halogens is 1. The number of allylic oxidation sites excluding steroid dienone is 1. The van der Waals surface area contributed by atoms with Crippen LogP contribution in [0.1, 0.15) is 39.5 Å². The van der Waals surface area contributed by atoms with Crippen LogP contribution in [0.3, 0.4) is 0 Å². The lowest BCUT2D eigenvalue weighted by molar-refractivity contribution is -0.159. The van der Waals surface area contributed by atoms with Crippen molar-refractivity contribution in [1.82, 2.24) is 10.2 Å². The maximum atomic E-state index is 14.8. The third kappa shape index (κ3) is 6.00. The zero-order valence-electron chi connectivity index (χ0n) is 26.3. The number of ether oxygens (including phenoxy) is 2. The first-order valence-electron chi connectivity index (χ1n) is 15.9. The van der Waals surface area contributed by atoms with Crippen LogP contribution in [0.2, 0.25) is 0 Å². The number of alkyl halides is 1. The lowest BCUT2D eigenvalue weighted by Crippen LogP contribution is -2.59. The van der Waals surface area contributed by atoms with Crippen molar-refractivity contribution in [3.63, 3.8) is 0 Å². The Balaban J connectivity index is 1.48. The second kappa shape index (κ2) is 14.1. The Hall–Kier alpha value is -3.54. The Morgan fingerprint density at radius 2 is 1.96 bits per heavy atom. The second-order valence-corrected chi connectivity index (χ2v) is 13.5. The topological polar surface area (TPSA) is 125 Å². The molecule has 3 saturated heterocycles. The molecule has 3 aliphatic rings. The normalized spacial score (nSPS) is 27.6. The van der Waals surface area contributed by atoms with E-state index in [1.54, 1.807) is 24.0 Å². The first kappa shape index (κ1) is 33.8. The summed E-state index contributed by atoms with van der Waals surface area (Å²) in [4.78, 5) is 57.8. The number of esters is 1. The van der Waals surface area contributed by atoms with Crippen LogP contribution in [-0.2, 0) is 28.7 Å². The molecule has 2 aromatic rings. The van der Waals surface area contributed by atoms with Gasteiger partial charge in [0.25, 0.3) is 5.91 Å². The number of carbonyl (C=O) groups excluding carboxylic acids is 4. The molecule has 3 aliphatic heterocycles. The molecule has 3 heterocycles. The van der Waals surface area contributed by atoms with Gasteiger partial charge in [-0.2, -0.15) is 0 Å². The van der Waals surface area contributed by atoms with E-state index >= 15 is 0 Å². The molecule has 5 rings (SSSR count). The zero-order chi connectivity index (χ0) is 33.2. The molecule has 0 aliphatic carbocycles. The second-order valence-electron chi connectivity index (χ2n) is 12.3. The molecular formula is C35H42BrN3O7. The van der Waals surface area contributed by atoms with E-state index in [0.29, 0.717) is 24.9 Å². The standard InChI is InChI=1S/C35H42BrN3O7/c1-5-8-13-27(41)37-19-21(4)45-34(44)28-29-32(42)39(24(7-3)20-40)31(35(29)18-26(36)30(28)46-35)33(43)38(16-6-2)25-15-14-22-11-9-10-12-23(22)17-25/h5-6,9-12,14-15,17,21,24,26,28-31,40H,1-2,7-8,13,16,18-20H2,3-4H3,(H,37,41)/t21-,24+,26?,28-,29+,30-,31-,35+/m1/s1. The third-order valence-corrected chi connectivity index (χ3v) is 10.3. The summed E-state index contributed by atoms with van der Waals surface area (Å²) >= 11 is 3.68. The van der Waals surface area contributed by atoms with E-state index in [0.717, 1.165) is 10.8 Å². The molecule has 0 aromatic heterocycles. The minimum absolute atomic E-state index is 0.111. The Morgan fingerprint density at radius 3 is 2.63 bits per heavy atom. The van der Waals surface area contributed by atoms with Crippen molar-refractivity contribution >= 4 is 56.1 Å². The van der Waals surface area contributed by atoms with Crippen LogP contribution in [-0.4, -0.2) is 88.1 Å². The number of nitrogens with zero attached hydrogens (tertiary/aromatic N) is 2. The molecule has 10 nitrogen and oxygen atoms in total. The molecule has 2 aromatic carbocycles. The van der Waals surface area contributed by atoms with Gasteiger partial charge in [0.1, 0.15) is 17.7 Å². The molecule has 46 heavy (non-hydrogen) atoms. The molecule has 2 bridgehead atoms. The first-order chi connectivity index (χ1) is 22.1. The Kier molecular flexibility index (Phi) is 10.3. The number of fused-ring (bicyclic) bond motifs is 2. The van der Waals surface area contributed by atoms with Crippen molar-refractivity contribution < 1.29 is 33.8 Å². The van der Waals surface area contributed by atoms with E-state index < -0.39 is 53.6 Å². The summed E-state index contributed by atoms with van der Waals surface area (Å²) in [7, 11) is 0. The lowest BCUT2D eigenvalue weighted by atomic mass is 9.70. The van der Waals surface area contributed by atoms with Crippen LogP contribution in [0.4, 0.5) is 5.69 Å². The minimum Gasteiger partial charge on any atom is -0.460 e. The summed E-state index contributed by atoms with van der Waals surface area (Å²) in [5, 5.41) is 15.1. The summed E-state index contributed by atoms with van der Waals surface area (Å²) in [5.74, 6) is -3.55. The SMILES string of the molecule is C=CCCC(=O)NC[C@@H](C)OC(=O)[C@H]1[C@@H]2O[C@@]3(CC2Br)[C@@H]1C(=O)N([C@@H](CC)CO)[C@@H]3C(=O)N(CC=C)c1ccc2ccccc2c1. The van der Waals surface area contributed by atoms with Gasteiger partial charge in [-0.25, -0.2) is 0 Å². The van der Waals surface area contributed by atoms with Gasteiger partial charge in [0.2, 0.25) is 11.8 Å². The van der Waals surface area contributed by atoms with Gasteiger partial charge in [0.15, 0.2) is 0 Å². The number of anilines is 1. The number of amides is 3. The number of carbonyl (C=O) groups is 4. The van der Waals surface area contributed by atoms with Crippen molar-refractivity contribution in [2.24, 2.45) is 11.8 Å². The van der Waals surface area contributed by atoms with Crippen molar-refractivity contribution in [3.05, 3.63) is 67.8 Å². The number of rotatable bonds is 14. The van der Waals surface area contributed by atoms with Gasteiger partial charge in [0.05, 0.1) is 37.1 Å². The minimum atomic E-state index is -1.32. The fourth-order valence-corrected chi connectivity index (χ4v) is 8.21. The average molecular weight is 697 g/mol. The highest BCUT2D eigenvalue weighted by Crippen LogP contribution is 2.61. The molecule has 1 unspecified atom stereocenters. The molecule has 246 valence electrons. The lowest BCUT2D eigenvalue weighted by Gasteiger charge is -2.39. The summed E-state index contributed by atoms with van der Waals surface area (Å²) in [6.07, 6.45) is 3.46. The van der Waals surface area contributed by atoms with E-state index in [-0.39, 0.29) is 42.8 Å². The van der Waals surface area contributed by atoms with Crippen molar-refractivity contribution in [1.29, 1.82) is 0 Å². The molecule has 3 fully saturated rings. The summed E-state index contributed by atoms with van der Waals surface area (Å²) < 4.78 is 12.4. The van der Waals surface area contributed by atoms with Crippen LogP contribution in [0.25, 0.3) is 10.8 Å². The molecule has 0 radical (unpaired) electrons. The Morgan fingerprint density at radius 1 is 1.22 bits per heavy atom. The number of nitrogens with one attached hydrogen (secondary N) is 1. The molecule has 2 N–H and O–H groups in total. The van der Waals surface area contributed by atoms with E-state index in [1.165, 1.54) is 4.90 Å². The van der Waals surface area contributed by atoms with Crippen molar-refractivity contribution in [2.45, 2.75) is 74.3 Å². The highest BCUT2D eigenvalue weighted by atomic mass is 79.9. The average Bonchev–Trinajstić information content (AvgIpc) is 3.65. The van der Waals surface area contributed by atoms with Gasteiger partial charge in [-0.05, 0) is 49.1 Å². The van der Waals surface area contributed by atoms with Crippen LogP contribution >= 0.6 is 15.9 Å². The summed E-state index contributed by atoms with van der Waals surface area (Å²) in [5.41, 5.74) is -0.687. The van der Waals surface area contributed by atoms with Crippen LogP contribution in [0.15, 0.2) is 67.8 Å². The number of hydrogen-bond donors (Lipinski definition) is 2. The predicted molar refractivity (Wildman–Crippen MR) is 178 cm³/mol. The number of hydrogen-bond acceptors (Lipinski definition) is 7. The fraction of sp³-hybridized carbons (Fsp3) is 0.486. The van der Waals surface area contributed by atoms with Gasteiger partial charge in [-0.3, -0.25) is 19.2 Å². The Bertz CT molecular complexity index is 1510. The van der Waals surface area contributed by atoms with E-state index in [2.05, 4.69) is 34.4 Å². The van der Waals surface area contributed by atoms with Gasteiger partial charge in [0, 0.05) is 23.5 Å². The first-order valence-corrected chi connectivity index (χ1v) is 16.8. The number of aliphatic hydroxyl groups excluding tert-OH is 1. The predicted octanol–water partition coefficient (Wildman–Crippen LogP) is 3.89. The molecule has 11 heteroatoms. The zero-order valence-corrected chi connectivity index (χ0v) is 27.9. The smallest absolute Gasteiger partial charge is 0.312 e. The quantitative estimate of drug-likeness (QED) is 0.175. The molecule has 1 spiro atoms. The monoisotopic (exact) mass is 695 g/mol. The Labute approximate surface area is 277 Å². The maximum Gasteiger partial charge on any atom is 0.312 e. The summed E-state index contributed by atoms with van der Waals surface area (Å²) in [6, 6.07) is 11.8. The van der Waals surface area contributed by atoms with Crippen molar-refractivity contribution in [2.75, 3.05) is 24.6 Å². The summed E-state index contributed by atoms with van der Waals surface area (Å²) in [6.45, 7) is 10.9. The molecule has 0 saturated carbocycles. The van der Waals surface area contributed by atoms with E-state index in [1.807, 2.05) is 49.4 Å². The van der Waals surface area contributed by atoms with Gasteiger partial charge < -0.3 is 29.7 Å². The van der Waals surface area contributed by atoms with Gasteiger partial charge in [-0.15, -0.1) is 13.2 Å². The van der Waals surface area contributed by atoms with Crippen LogP contribution in [0, 0.1) is 11.8 Å². The molecule has 3 amide bonds. The maximum absolute atomic E-state index is 14.8. The number of likely N-dealkylation sites (tertiary alicyclic amines) is 1. The number of aliphatic hydroxyl groups is 1. The van der Waals surface area contributed by atoms with Crippen molar-refractivity contribution in [3.8, 4) is 0 Å².